The normalized spacial score (nSPS) is 10.4. The zero-order valence-corrected chi connectivity index (χ0v) is 29.4. The van der Waals surface area contributed by atoms with E-state index in [0.29, 0.717) is 11.5 Å². The average Bonchev–Trinajstić information content (AvgIpc) is 3.19. The van der Waals surface area contributed by atoms with Crippen molar-refractivity contribution in [3.8, 4) is 11.5 Å². The Balaban J connectivity index is 1.38. The summed E-state index contributed by atoms with van der Waals surface area (Å²) in [6.45, 7) is 10.5. The predicted molar refractivity (Wildman–Crippen MR) is 208 cm³/mol. The van der Waals surface area contributed by atoms with Gasteiger partial charge in [-0.3, -0.25) is 0 Å². The van der Waals surface area contributed by atoms with Gasteiger partial charge >= 0.3 is 11.9 Å². The molecule has 7 nitrogen and oxygen atoms in total. The molecule has 5 aromatic carbocycles. The Kier molecular flexibility index (Phi) is 13.6. The van der Waals surface area contributed by atoms with Gasteiger partial charge in [0.05, 0.1) is 0 Å². The number of carbonyl (C=O) groups is 2. The Morgan fingerprint density at radius 2 is 1.08 bits per heavy atom. The summed E-state index contributed by atoms with van der Waals surface area (Å²) in [5.74, 6) is 0.359. The maximum atomic E-state index is 11.3. The second-order valence-corrected chi connectivity index (χ2v) is 11.9. The fourth-order valence-electron chi connectivity index (χ4n) is 5.45. The third kappa shape index (κ3) is 11.1. The molecule has 0 aliphatic rings. The SMILES string of the molecule is C=CC(=O)OCCOc1ccc(C(=Cc2ccc(N(CCc3ccccc3)c3ccc(C)cc3)cc2)c2ccc(OCCOC(=O)C=C)cc2)cc1. The van der Waals surface area contributed by atoms with Gasteiger partial charge in [0.2, 0.25) is 0 Å². The largest absolute Gasteiger partial charge is 0.490 e. The predicted octanol–water partition coefficient (Wildman–Crippen LogP) is 9.18. The molecule has 0 saturated heterocycles. The quantitative estimate of drug-likeness (QED) is 0.0392. The molecule has 0 spiro atoms. The van der Waals surface area contributed by atoms with Crippen molar-refractivity contribution >= 4 is 35.0 Å². The molecule has 7 heteroatoms. The van der Waals surface area contributed by atoms with E-state index in [1.807, 2.05) is 54.6 Å². The number of carbonyl (C=O) groups excluding carboxylic acids is 2. The highest BCUT2D eigenvalue weighted by molar-refractivity contribution is 5.92. The Labute approximate surface area is 306 Å². The molecule has 0 aromatic heterocycles. The Morgan fingerprint density at radius 1 is 0.596 bits per heavy atom. The lowest BCUT2D eigenvalue weighted by molar-refractivity contribution is -0.139. The molecular formula is C45H43NO6. The molecule has 5 aromatic rings. The molecule has 52 heavy (non-hydrogen) atoms. The van der Waals surface area contributed by atoms with Gasteiger partial charge in [-0.1, -0.05) is 97.6 Å². The van der Waals surface area contributed by atoms with Gasteiger partial charge in [-0.15, -0.1) is 0 Å². The molecule has 0 bridgehead atoms. The zero-order valence-electron chi connectivity index (χ0n) is 29.4. The minimum Gasteiger partial charge on any atom is -0.490 e. The molecule has 0 atom stereocenters. The van der Waals surface area contributed by atoms with E-state index >= 15 is 0 Å². The summed E-state index contributed by atoms with van der Waals surface area (Å²) < 4.78 is 21.6. The summed E-state index contributed by atoms with van der Waals surface area (Å²) >= 11 is 0. The van der Waals surface area contributed by atoms with Crippen LogP contribution in [0.1, 0.15) is 27.8 Å². The molecule has 0 N–H and O–H groups in total. The first-order valence-corrected chi connectivity index (χ1v) is 17.2. The summed E-state index contributed by atoms with van der Waals surface area (Å²) in [7, 11) is 0. The van der Waals surface area contributed by atoms with Gasteiger partial charge in [0, 0.05) is 30.1 Å². The van der Waals surface area contributed by atoms with E-state index in [0.717, 1.165) is 58.8 Å². The Morgan fingerprint density at radius 3 is 1.56 bits per heavy atom. The maximum Gasteiger partial charge on any atom is 0.330 e. The first-order valence-electron chi connectivity index (χ1n) is 17.2. The Hall–Kier alpha value is -6.34. The first-order chi connectivity index (χ1) is 25.4. The highest BCUT2D eigenvalue weighted by Gasteiger charge is 2.12. The number of rotatable bonds is 18. The van der Waals surface area contributed by atoms with Crippen LogP contribution in [0.5, 0.6) is 11.5 Å². The topological polar surface area (TPSA) is 74.3 Å². The molecule has 0 saturated carbocycles. The first kappa shape index (κ1) is 36.9. The highest BCUT2D eigenvalue weighted by atomic mass is 16.6. The van der Waals surface area contributed by atoms with Crippen LogP contribution < -0.4 is 14.4 Å². The highest BCUT2D eigenvalue weighted by Crippen LogP contribution is 2.31. The zero-order chi connectivity index (χ0) is 36.5. The Bertz CT molecular complexity index is 1860. The van der Waals surface area contributed by atoms with Crippen molar-refractivity contribution in [3.63, 3.8) is 0 Å². The molecular weight excluding hydrogens is 650 g/mol. The number of hydrogen-bond acceptors (Lipinski definition) is 7. The van der Waals surface area contributed by atoms with E-state index in [-0.39, 0.29) is 26.4 Å². The number of benzene rings is 5. The van der Waals surface area contributed by atoms with Crippen LogP contribution in [0.15, 0.2) is 153 Å². The van der Waals surface area contributed by atoms with Gasteiger partial charge in [0.25, 0.3) is 0 Å². The summed E-state index contributed by atoms with van der Waals surface area (Å²) in [6, 6.07) is 43.4. The summed E-state index contributed by atoms with van der Waals surface area (Å²) in [4.78, 5) is 25.0. The lowest BCUT2D eigenvalue weighted by atomic mass is 9.95. The second kappa shape index (κ2) is 19.2. The van der Waals surface area contributed by atoms with E-state index in [9.17, 15) is 9.59 Å². The average molecular weight is 694 g/mol. The van der Waals surface area contributed by atoms with Gasteiger partial charge in [-0.05, 0) is 95.8 Å². The van der Waals surface area contributed by atoms with Crippen molar-refractivity contribution in [1.82, 2.24) is 0 Å². The van der Waals surface area contributed by atoms with Crippen molar-refractivity contribution in [2.24, 2.45) is 0 Å². The van der Waals surface area contributed by atoms with Gasteiger partial charge in [-0.2, -0.15) is 0 Å². The standard InChI is InChI=1S/C45H43NO6/c1-4-44(47)51-31-29-49-41-23-15-37(16-24-41)43(38-17-25-42(26-18-38)50-30-32-52-45(48)5-2)33-36-13-21-40(22-14-36)46(39-19-11-34(3)12-20-39)28-27-35-9-7-6-8-10-35/h4-26,33H,1-2,27-32H2,3H3. The van der Waals surface area contributed by atoms with Gasteiger partial charge < -0.3 is 23.8 Å². The van der Waals surface area contributed by atoms with Crippen molar-refractivity contribution in [3.05, 3.63) is 181 Å². The molecule has 0 fully saturated rings. The van der Waals surface area contributed by atoms with Crippen molar-refractivity contribution in [2.75, 3.05) is 37.9 Å². The molecule has 0 amide bonds. The smallest absolute Gasteiger partial charge is 0.330 e. The van der Waals surface area contributed by atoms with Gasteiger partial charge in [0.1, 0.15) is 37.9 Å². The third-order valence-electron chi connectivity index (χ3n) is 8.19. The van der Waals surface area contributed by atoms with Crippen LogP contribution in [0, 0.1) is 6.92 Å². The van der Waals surface area contributed by atoms with E-state index in [4.69, 9.17) is 18.9 Å². The number of esters is 2. The van der Waals surface area contributed by atoms with Crippen LogP contribution in [0.4, 0.5) is 11.4 Å². The van der Waals surface area contributed by atoms with Crippen LogP contribution in [-0.2, 0) is 25.5 Å². The van der Waals surface area contributed by atoms with Gasteiger partial charge in [0.15, 0.2) is 0 Å². The van der Waals surface area contributed by atoms with Gasteiger partial charge in [-0.25, -0.2) is 9.59 Å². The van der Waals surface area contributed by atoms with Crippen LogP contribution >= 0.6 is 0 Å². The fraction of sp³-hybridized carbons (Fsp3) is 0.156. The lowest BCUT2D eigenvalue weighted by Crippen LogP contribution is -2.20. The summed E-state index contributed by atoms with van der Waals surface area (Å²) in [5.41, 5.74) is 8.80. The molecule has 0 heterocycles. The number of nitrogens with zero attached hydrogens (tertiary/aromatic N) is 1. The molecule has 0 unspecified atom stereocenters. The molecule has 0 aliphatic carbocycles. The molecule has 264 valence electrons. The number of ether oxygens (including phenoxy) is 4. The summed E-state index contributed by atoms with van der Waals surface area (Å²) in [5, 5.41) is 0. The fourth-order valence-corrected chi connectivity index (χ4v) is 5.45. The number of anilines is 2. The minimum absolute atomic E-state index is 0.131. The van der Waals surface area contributed by atoms with Crippen LogP contribution in [0.2, 0.25) is 0 Å². The van der Waals surface area contributed by atoms with E-state index in [2.05, 4.69) is 104 Å². The van der Waals surface area contributed by atoms with E-state index < -0.39 is 11.9 Å². The second-order valence-electron chi connectivity index (χ2n) is 11.9. The number of aryl methyl sites for hydroxylation is 1. The molecule has 0 radical (unpaired) electrons. The summed E-state index contributed by atoms with van der Waals surface area (Å²) in [6.07, 6.45) is 5.34. The minimum atomic E-state index is -0.482. The molecule has 5 rings (SSSR count). The van der Waals surface area contributed by atoms with Crippen LogP contribution in [-0.4, -0.2) is 44.9 Å². The monoisotopic (exact) mass is 693 g/mol. The maximum absolute atomic E-state index is 11.3. The van der Waals surface area contributed by atoms with Crippen molar-refractivity contribution in [2.45, 2.75) is 13.3 Å². The lowest BCUT2D eigenvalue weighted by Gasteiger charge is -2.25. The molecule has 0 aliphatic heterocycles. The van der Waals surface area contributed by atoms with Crippen molar-refractivity contribution < 1.29 is 28.5 Å². The van der Waals surface area contributed by atoms with Crippen molar-refractivity contribution in [1.29, 1.82) is 0 Å². The van der Waals surface area contributed by atoms with Crippen LogP contribution in [0.3, 0.4) is 0 Å². The third-order valence-corrected chi connectivity index (χ3v) is 8.19. The number of hydrogen-bond donors (Lipinski definition) is 0. The van der Waals surface area contributed by atoms with E-state index in [1.165, 1.54) is 11.1 Å². The van der Waals surface area contributed by atoms with Crippen LogP contribution in [0.25, 0.3) is 11.6 Å². The van der Waals surface area contributed by atoms with E-state index in [1.54, 1.807) is 0 Å².